The molecular formula is C19H21Cl2FN3O2+. The molecule has 2 rings (SSSR count). The summed E-state index contributed by atoms with van der Waals surface area (Å²) in [6.07, 6.45) is 0. The predicted octanol–water partition coefficient (Wildman–Crippen LogP) is 2.24. The molecule has 0 aliphatic carbocycles. The second kappa shape index (κ2) is 9.69. The van der Waals surface area contributed by atoms with Gasteiger partial charge in [0.2, 0.25) is 0 Å². The van der Waals surface area contributed by atoms with E-state index < -0.39 is 0 Å². The van der Waals surface area contributed by atoms with E-state index in [0.29, 0.717) is 27.2 Å². The average Bonchev–Trinajstić information content (AvgIpc) is 2.60. The van der Waals surface area contributed by atoms with Crippen molar-refractivity contribution >= 4 is 40.7 Å². The van der Waals surface area contributed by atoms with Crippen LogP contribution in [0.15, 0.2) is 42.5 Å². The van der Waals surface area contributed by atoms with E-state index in [-0.39, 0.29) is 30.7 Å². The summed E-state index contributed by atoms with van der Waals surface area (Å²) in [7, 11) is 3.42. The van der Waals surface area contributed by atoms with Gasteiger partial charge in [-0.1, -0.05) is 41.4 Å². The van der Waals surface area contributed by atoms with Gasteiger partial charge in [0.15, 0.2) is 13.1 Å². The SMILES string of the molecule is CN(Cc1ccc(F)cc1)C(=O)C[NH+](C)CC(=O)Nc1c(Cl)cccc1Cl. The van der Waals surface area contributed by atoms with Crippen LogP contribution < -0.4 is 10.2 Å². The number of anilines is 1. The molecule has 0 heterocycles. The molecule has 0 spiro atoms. The highest BCUT2D eigenvalue weighted by Gasteiger charge is 2.18. The average molecular weight is 413 g/mol. The van der Waals surface area contributed by atoms with E-state index in [1.807, 2.05) is 0 Å². The molecule has 0 aliphatic heterocycles. The van der Waals surface area contributed by atoms with Gasteiger partial charge in [0.05, 0.1) is 22.8 Å². The van der Waals surface area contributed by atoms with Gasteiger partial charge >= 0.3 is 0 Å². The zero-order chi connectivity index (χ0) is 20.0. The Balaban J connectivity index is 1.84. The van der Waals surface area contributed by atoms with Gasteiger partial charge in [-0.15, -0.1) is 0 Å². The molecule has 1 atom stereocenters. The Hall–Kier alpha value is -2.15. The second-order valence-corrected chi connectivity index (χ2v) is 7.15. The maximum absolute atomic E-state index is 12.9. The van der Waals surface area contributed by atoms with Gasteiger partial charge in [0.1, 0.15) is 5.82 Å². The van der Waals surface area contributed by atoms with Crippen LogP contribution in [0.1, 0.15) is 5.56 Å². The summed E-state index contributed by atoms with van der Waals surface area (Å²) in [6, 6.07) is 10.9. The van der Waals surface area contributed by atoms with Crippen molar-refractivity contribution in [1.29, 1.82) is 0 Å². The molecule has 8 heteroatoms. The van der Waals surface area contributed by atoms with Crippen LogP contribution in [0.4, 0.5) is 10.1 Å². The third-order valence-electron chi connectivity index (χ3n) is 3.90. The maximum atomic E-state index is 12.9. The van der Waals surface area contributed by atoms with Gasteiger partial charge in [-0.05, 0) is 29.8 Å². The molecular weight excluding hydrogens is 392 g/mol. The fourth-order valence-electron chi connectivity index (χ4n) is 2.48. The molecule has 0 aromatic heterocycles. The molecule has 0 saturated carbocycles. The summed E-state index contributed by atoms with van der Waals surface area (Å²) in [4.78, 5) is 26.8. The summed E-state index contributed by atoms with van der Waals surface area (Å²) in [6.45, 7) is 0.590. The van der Waals surface area contributed by atoms with Gasteiger partial charge < -0.3 is 15.1 Å². The van der Waals surface area contributed by atoms with Crippen molar-refractivity contribution in [3.63, 3.8) is 0 Å². The molecule has 27 heavy (non-hydrogen) atoms. The van der Waals surface area contributed by atoms with Crippen LogP contribution in [-0.2, 0) is 16.1 Å². The number of rotatable bonds is 7. The molecule has 0 saturated heterocycles. The van der Waals surface area contributed by atoms with E-state index in [9.17, 15) is 14.0 Å². The van der Waals surface area contributed by atoms with E-state index in [1.165, 1.54) is 12.1 Å². The summed E-state index contributed by atoms with van der Waals surface area (Å²) >= 11 is 12.1. The molecule has 2 aromatic rings. The third kappa shape index (κ3) is 6.50. The number of nitrogens with one attached hydrogen (secondary N) is 2. The predicted molar refractivity (Wildman–Crippen MR) is 105 cm³/mol. The minimum Gasteiger partial charge on any atom is -0.337 e. The van der Waals surface area contributed by atoms with Gasteiger partial charge in [-0.25, -0.2) is 4.39 Å². The van der Waals surface area contributed by atoms with Crippen LogP contribution in [-0.4, -0.2) is 43.9 Å². The number of carbonyl (C=O) groups excluding carboxylic acids is 2. The fourth-order valence-corrected chi connectivity index (χ4v) is 2.97. The van der Waals surface area contributed by atoms with Crippen LogP contribution in [0.2, 0.25) is 10.0 Å². The van der Waals surface area contributed by atoms with Crippen molar-refractivity contribution in [2.75, 3.05) is 32.5 Å². The number of quaternary nitrogens is 1. The lowest BCUT2D eigenvalue weighted by Gasteiger charge is -2.20. The number of para-hydroxylation sites is 1. The van der Waals surface area contributed by atoms with Crippen LogP contribution >= 0.6 is 23.2 Å². The van der Waals surface area contributed by atoms with Crippen molar-refractivity contribution < 1.29 is 18.9 Å². The minimum absolute atomic E-state index is 0.0810. The number of halogens is 3. The van der Waals surface area contributed by atoms with Crippen LogP contribution in [0, 0.1) is 5.82 Å². The Morgan fingerprint density at radius 1 is 1.07 bits per heavy atom. The van der Waals surface area contributed by atoms with E-state index in [4.69, 9.17) is 23.2 Å². The monoisotopic (exact) mass is 412 g/mol. The molecule has 0 bridgehead atoms. The second-order valence-electron chi connectivity index (χ2n) is 6.33. The Bertz CT molecular complexity index is 795. The number of carbonyl (C=O) groups is 2. The summed E-state index contributed by atoms with van der Waals surface area (Å²) in [5.74, 6) is -0.738. The number of benzene rings is 2. The minimum atomic E-state index is -0.318. The Morgan fingerprint density at radius 2 is 1.67 bits per heavy atom. The first-order valence-electron chi connectivity index (χ1n) is 8.30. The highest BCUT2D eigenvalue weighted by molar-refractivity contribution is 6.39. The van der Waals surface area contributed by atoms with Gasteiger partial charge in [-0.2, -0.15) is 0 Å². The van der Waals surface area contributed by atoms with Crippen molar-refractivity contribution in [3.05, 3.63) is 63.9 Å². The zero-order valence-electron chi connectivity index (χ0n) is 15.1. The molecule has 5 nitrogen and oxygen atoms in total. The van der Waals surface area contributed by atoms with Crippen molar-refractivity contribution in [1.82, 2.24) is 4.90 Å². The smallest absolute Gasteiger partial charge is 0.279 e. The molecule has 1 unspecified atom stereocenters. The number of hydrogen-bond donors (Lipinski definition) is 2. The highest BCUT2D eigenvalue weighted by atomic mass is 35.5. The van der Waals surface area contributed by atoms with Crippen molar-refractivity contribution in [2.24, 2.45) is 0 Å². The largest absolute Gasteiger partial charge is 0.337 e. The molecule has 0 radical (unpaired) electrons. The van der Waals surface area contributed by atoms with Crippen LogP contribution in [0.3, 0.4) is 0 Å². The first-order chi connectivity index (χ1) is 12.8. The lowest BCUT2D eigenvalue weighted by Crippen LogP contribution is -3.11. The van der Waals surface area contributed by atoms with Crippen molar-refractivity contribution in [2.45, 2.75) is 6.54 Å². The van der Waals surface area contributed by atoms with Gasteiger partial charge in [-0.3, -0.25) is 9.59 Å². The van der Waals surface area contributed by atoms with Crippen LogP contribution in [0.5, 0.6) is 0 Å². The Kier molecular flexibility index (Phi) is 7.59. The summed E-state index contributed by atoms with van der Waals surface area (Å²) in [5, 5.41) is 3.37. The Labute approximate surface area is 167 Å². The van der Waals surface area contributed by atoms with E-state index in [0.717, 1.165) is 5.56 Å². The molecule has 2 aromatic carbocycles. The number of hydrogen-bond acceptors (Lipinski definition) is 2. The lowest BCUT2D eigenvalue weighted by molar-refractivity contribution is -0.862. The first-order valence-corrected chi connectivity index (χ1v) is 9.05. The van der Waals surface area contributed by atoms with Gasteiger partial charge in [0.25, 0.3) is 11.8 Å². The van der Waals surface area contributed by atoms with Crippen molar-refractivity contribution in [3.8, 4) is 0 Å². The first kappa shape index (κ1) is 21.2. The number of likely N-dealkylation sites (N-methyl/N-ethyl adjacent to an activating group) is 2. The third-order valence-corrected chi connectivity index (χ3v) is 4.53. The van der Waals surface area contributed by atoms with Gasteiger partial charge in [0, 0.05) is 13.6 Å². The van der Waals surface area contributed by atoms with E-state index >= 15 is 0 Å². The summed E-state index contributed by atoms with van der Waals surface area (Å²) < 4.78 is 12.9. The quantitative estimate of drug-likeness (QED) is 0.732. The number of amides is 2. The molecule has 0 fully saturated rings. The van der Waals surface area contributed by atoms with E-state index in [1.54, 1.807) is 49.3 Å². The molecule has 144 valence electrons. The van der Waals surface area contributed by atoms with E-state index in [2.05, 4.69) is 5.32 Å². The molecule has 2 N–H and O–H groups in total. The standard InChI is InChI=1S/C19H20Cl2FN3O2/c1-24(11-17(26)23-19-15(20)4-3-5-16(19)21)12-18(27)25(2)10-13-6-8-14(22)9-7-13/h3-9H,10-12H2,1-2H3,(H,23,26)/p+1. The summed E-state index contributed by atoms with van der Waals surface area (Å²) in [5.41, 5.74) is 1.19. The molecule has 2 amide bonds. The molecule has 0 aliphatic rings. The van der Waals surface area contributed by atoms with Crippen LogP contribution in [0.25, 0.3) is 0 Å². The maximum Gasteiger partial charge on any atom is 0.279 e. The lowest BCUT2D eigenvalue weighted by atomic mass is 10.2. The topological polar surface area (TPSA) is 53.9 Å². The fraction of sp³-hybridized carbons (Fsp3) is 0.263. The normalized spacial score (nSPS) is 11.7. The Morgan fingerprint density at radius 3 is 2.26 bits per heavy atom. The zero-order valence-corrected chi connectivity index (χ0v) is 16.6. The number of nitrogens with zero attached hydrogens (tertiary/aromatic N) is 1. The highest BCUT2D eigenvalue weighted by Crippen LogP contribution is 2.29.